The lowest BCUT2D eigenvalue weighted by Crippen LogP contribution is -2.38. The number of aromatic nitrogens is 2. The lowest BCUT2D eigenvalue weighted by Gasteiger charge is -2.29. The summed E-state index contributed by atoms with van der Waals surface area (Å²) in [5, 5.41) is 4.31. The minimum Gasteiger partial charge on any atom is -0.492 e. The van der Waals surface area contributed by atoms with E-state index in [1.807, 2.05) is 56.3 Å². The predicted molar refractivity (Wildman–Crippen MR) is 128 cm³/mol. The van der Waals surface area contributed by atoms with Crippen LogP contribution in [0.4, 0.5) is 0 Å². The minimum atomic E-state index is -0.276. The van der Waals surface area contributed by atoms with Crippen molar-refractivity contribution in [2.75, 3.05) is 26.4 Å². The molecule has 8 nitrogen and oxygen atoms in total. The lowest BCUT2D eigenvalue weighted by molar-refractivity contribution is 0.0725. The summed E-state index contributed by atoms with van der Waals surface area (Å²) in [7, 11) is 0. The summed E-state index contributed by atoms with van der Waals surface area (Å²) in [5.41, 5.74) is 2.13. The van der Waals surface area contributed by atoms with E-state index in [0.717, 1.165) is 16.9 Å². The monoisotopic (exact) mass is 463 g/mol. The van der Waals surface area contributed by atoms with E-state index in [9.17, 15) is 9.59 Å². The minimum absolute atomic E-state index is 0.213. The van der Waals surface area contributed by atoms with Gasteiger partial charge in [-0.25, -0.2) is 4.68 Å². The Morgan fingerprint density at radius 1 is 0.941 bits per heavy atom. The fourth-order valence-corrected chi connectivity index (χ4v) is 3.93. The lowest BCUT2D eigenvalue weighted by atomic mass is 9.98. The molecule has 178 valence electrons. The number of para-hydroxylation sites is 1. The van der Waals surface area contributed by atoms with Crippen molar-refractivity contribution in [1.82, 2.24) is 14.7 Å². The van der Waals surface area contributed by atoms with Gasteiger partial charge in [0, 0.05) is 19.2 Å². The second kappa shape index (κ2) is 10.9. The van der Waals surface area contributed by atoms with Gasteiger partial charge in [-0.1, -0.05) is 18.2 Å². The van der Waals surface area contributed by atoms with Crippen molar-refractivity contribution >= 4 is 5.91 Å². The van der Waals surface area contributed by atoms with Crippen LogP contribution in [0.3, 0.4) is 0 Å². The Hall–Kier alpha value is -3.81. The highest BCUT2D eigenvalue weighted by Crippen LogP contribution is 2.34. The number of amides is 1. The van der Waals surface area contributed by atoms with Crippen LogP contribution in [0, 0.1) is 0 Å². The van der Waals surface area contributed by atoms with Gasteiger partial charge >= 0.3 is 0 Å². The van der Waals surface area contributed by atoms with Crippen molar-refractivity contribution in [2.24, 2.45) is 0 Å². The Balaban J connectivity index is 1.46. The number of nitrogens with zero attached hydrogens (tertiary/aromatic N) is 3. The van der Waals surface area contributed by atoms with Gasteiger partial charge in [-0.3, -0.25) is 9.59 Å². The number of ether oxygens (including phenoxy) is 3. The molecule has 2 heterocycles. The molecule has 8 heteroatoms. The van der Waals surface area contributed by atoms with Crippen LogP contribution in [0.2, 0.25) is 0 Å². The highest BCUT2D eigenvalue weighted by Gasteiger charge is 2.25. The van der Waals surface area contributed by atoms with Crippen LogP contribution in [-0.2, 0) is 19.5 Å². The summed E-state index contributed by atoms with van der Waals surface area (Å²) < 4.78 is 18.4. The topological polar surface area (TPSA) is 82.9 Å². The Morgan fingerprint density at radius 3 is 2.35 bits per heavy atom. The zero-order chi connectivity index (χ0) is 23.9. The van der Waals surface area contributed by atoms with Gasteiger partial charge in [-0.05, 0) is 61.7 Å². The van der Waals surface area contributed by atoms with E-state index in [0.29, 0.717) is 44.2 Å². The van der Waals surface area contributed by atoms with Crippen LogP contribution >= 0.6 is 0 Å². The molecule has 34 heavy (non-hydrogen) atoms. The quantitative estimate of drug-likeness (QED) is 0.484. The molecule has 0 spiro atoms. The van der Waals surface area contributed by atoms with Crippen molar-refractivity contribution in [2.45, 2.75) is 33.4 Å². The maximum Gasteiger partial charge on any atom is 0.274 e. The molecule has 0 fully saturated rings. The van der Waals surface area contributed by atoms with Crippen LogP contribution in [-0.4, -0.2) is 47.0 Å². The SMILES string of the molecule is CCOc1cc2c(cc1OCC)CN(C(=O)c1ccc(=O)n(CCOc3ccccc3)n1)CC2. The van der Waals surface area contributed by atoms with Crippen molar-refractivity contribution in [3.05, 3.63) is 81.8 Å². The molecule has 3 aromatic rings. The highest BCUT2D eigenvalue weighted by molar-refractivity contribution is 5.92. The third kappa shape index (κ3) is 5.39. The fourth-order valence-electron chi connectivity index (χ4n) is 3.93. The molecule has 0 radical (unpaired) electrons. The normalized spacial score (nSPS) is 12.7. The number of fused-ring (bicyclic) bond motifs is 1. The van der Waals surface area contributed by atoms with Gasteiger partial charge in [-0.15, -0.1) is 0 Å². The second-order valence-corrected chi connectivity index (χ2v) is 7.85. The molecule has 0 aliphatic carbocycles. The molecule has 0 unspecified atom stereocenters. The van der Waals surface area contributed by atoms with E-state index in [2.05, 4.69) is 5.10 Å². The van der Waals surface area contributed by atoms with Gasteiger partial charge in [-0.2, -0.15) is 5.10 Å². The van der Waals surface area contributed by atoms with Gasteiger partial charge < -0.3 is 19.1 Å². The van der Waals surface area contributed by atoms with Crippen molar-refractivity contribution in [3.8, 4) is 17.2 Å². The van der Waals surface area contributed by atoms with Crippen LogP contribution in [0.15, 0.2) is 59.4 Å². The van der Waals surface area contributed by atoms with Gasteiger partial charge in [0.25, 0.3) is 11.5 Å². The van der Waals surface area contributed by atoms with Gasteiger partial charge in [0.2, 0.25) is 0 Å². The molecule has 4 rings (SSSR count). The molecule has 1 aromatic heterocycles. The van der Waals surface area contributed by atoms with E-state index < -0.39 is 0 Å². The third-order valence-electron chi connectivity index (χ3n) is 5.57. The largest absolute Gasteiger partial charge is 0.492 e. The number of rotatable bonds is 9. The van der Waals surface area contributed by atoms with Gasteiger partial charge in [0.05, 0.1) is 19.8 Å². The molecule has 0 saturated carbocycles. The van der Waals surface area contributed by atoms with Gasteiger partial charge in [0.1, 0.15) is 18.1 Å². The Morgan fingerprint density at radius 2 is 1.65 bits per heavy atom. The van der Waals surface area contributed by atoms with Crippen molar-refractivity contribution in [3.63, 3.8) is 0 Å². The average molecular weight is 464 g/mol. The molecule has 2 aromatic carbocycles. The van der Waals surface area contributed by atoms with Crippen LogP contribution in [0.5, 0.6) is 17.2 Å². The number of carbonyl (C=O) groups is 1. The fraction of sp³-hybridized carbons (Fsp3) is 0.346. The van der Waals surface area contributed by atoms with E-state index in [-0.39, 0.29) is 30.3 Å². The first-order valence-electron chi connectivity index (χ1n) is 11.6. The summed E-state index contributed by atoms with van der Waals surface area (Å²) in [6, 6.07) is 16.2. The smallest absolute Gasteiger partial charge is 0.274 e. The highest BCUT2D eigenvalue weighted by atomic mass is 16.5. The number of carbonyl (C=O) groups excluding carboxylic acids is 1. The molecular formula is C26H29N3O5. The van der Waals surface area contributed by atoms with Crippen LogP contribution < -0.4 is 19.8 Å². The zero-order valence-electron chi connectivity index (χ0n) is 19.5. The summed E-state index contributed by atoms with van der Waals surface area (Å²) >= 11 is 0. The maximum atomic E-state index is 13.2. The molecule has 0 bridgehead atoms. The van der Waals surface area contributed by atoms with Crippen molar-refractivity contribution < 1.29 is 19.0 Å². The molecule has 1 aliphatic heterocycles. The van der Waals surface area contributed by atoms with E-state index in [1.165, 1.54) is 16.8 Å². The number of hydrogen-bond donors (Lipinski definition) is 0. The van der Waals surface area contributed by atoms with Crippen LogP contribution in [0.25, 0.3) is 0 Å². The van der Waals surface area contributed by atoms with Crippen molar-refractivity contribution in [1.29, 1.82) is 0 Å². The summed E-state index contributed by atoms with van der Waals surface area (Å²) in [6.07, 6.45) is 0.706. The van der Waals surface area contributed by atoms with E-state index in [4.69, 9.17) is 14.2 Å². The first-order chi connectivity index (χ1) is 16.6. The summed E-state index contributed by atoms with van der Waals surface area (Å²) in [5.74, 6) is 1.92. The van der Waals surface area contributed by atoms with Crippen LogP contribution in [0.1, 0.15) is 35.5 Å². The predicted octanol–water partition coefficient (Wildman–Crippen LogP) is 3.32. The average Bonchev–Trinajstić information content (AvgIpc) is 2.86. The summed E-state index contributed by atoms with van der Waals surface area (Å²) in [6.45, 7) is 6.47. The molecule has 1 aliphatic rings. The Labute approximate surface area is 198 Å². The molecular weight excluding hydrogens is 434 g/mol. The van der Waals surface area contributed by atoms with E-state index in [1.54, 1.807) is 4.90 Å². The zero-order valence-corrected chi connectivity index (χ0v) is 19.5. The molecule has 0 N–H and O–H groups in total. The first kappa shape index (κ1) is 23.4. The Bertz CT molecular complexity index is 1190. The third-order valence-corrected chi connectivity index (χ3v) is 5.57. The number of hydrogen-bond acceptors (Lipinski definition) is 6. The van der Waals surface area contributed by atoms with Gasteiger partial charge in [0.15, 0.2) is 11.5 Å². The molecule has 1 amide bonds. The Kier molecular flexibility index (Phi) is 7.47. The number of benzene rings is 2. The second-order valence-electron chi connectivity index (χ2n) is 7.85. The summed E-state index contributed by atoms with van der Waals surface area (Å²) in [4.78, 5) is 27.2. The van der Waals surface area contributed by atoms with E-state index >= 15 is 0 Å². The molecule has 0 atom stereocenters. The first-order valence-corrected chi connectivity index (χ1v) is 11.6. The standard InChI is InChI=1S/C26H29N3O5/c1-3-32-23-16-19-12-13-28(18-20(19)17-24(23)33-4-2)26(31)22-10-11-25(30)29(27-22)14-15-34-21-8-6-5-7-9-21/h5-11,16-17H,3-4,12-15,18H2,1-2H3. The maximum absolute atomic E-state index is 13.2. The molecule has 0 saturated heterocycles.